The molecule has 7 nitrogen and oxygen atoms in total. The quantitative estimate of drug-likeness (QED) is 0.592. The Kier molecular flexibility index (Phi) is 5.78. The van der Waals surface area contributed by atoms with E-state index in [0.29, 0.717) is 44.6 Å². The highest BCUT2D eigenvalue weighted by Crippen LogP contribution is 2.36. The largest absolute Gasteiger partial charge is 0.494 e. The smallest absolute Gasteiger partial charge is 0.236 e. The summed E-state index contributed by atoms with van der Waals surface area (Å²) in [6, 6.07) is 14.0. The minimum absolute atomic E-state index is 0.0770. The van der Waals surface area contributed by atoms with Crippen LogP contribution in [-0.4, -0.2) is 46.3 Å². The van der Waals surface area contributed by atoms with Crippen molar-refractivity contribution in [2.24, 2.45) is 0 Å². The average molecular weight is 429 g/mol. The first-order chi connectivity index (χ1) is 14.5. The molecule has 8 heteroatoms. The molecule has 0 atom stereocenters. The highest BCUT2D eigenvalue weighted by molar-refractivity contribution is 7.91. The van der Waals surface area contributed by atoms with Gasteiger partial charge in [0.1, 0.15) is 5.75 Å². The summed E-state index contributed by atoms with van der Waals surface area (Å²) in [6.07, 6.45) is 0. The molecule has 0 saturated carbocycles. The number of nitrogens with zero attached hydrogens (tertiary/aromatic N) is 2. The minimum atomic E-state index is -3.89. The molecule has 0 unspecified atom stereocenters. The van der Waals surface area contributed by atoms with Gasteiger partial charge in [-0.2, -0.15) is 4.98 Å². The van der Waals surface area contributed by atoms with Crippen molar-refractivity contribution in [3.63, 3.8) is 0 Å². The van der Waals surface area contributed by atoms with E-state index in [1.165, 1.54) is 12.1 Å². The van der Waals surface area contributed by atoms with E-state index in [2.05, 4.69) is 4.98 Å². The van der Waals surface area contributed by atoms with Crippen LogP contribution in [-0.2, 0) is 14.6 Å². The van der Waals surface area contributed by atoms with Crippen molar-refractivity contribution < 1.29 is 22.3 Å². The lowest BCUT2D eigenvalue weighted by Crippen LogP contribution is -2.36. The van der Waals surface area contributed by atoms with Gasteiger partial charge in [-0.1, -0.05) is 18.2 Å². The maximum absolute atomic E-state index is 13.5. The fourth-order valence-electron chi connectivity index (χ4n) is 3.36. The number of hydrogen-bond donors (Lipinski definition) is 0. The van der Waals surface area contributed by atoms with Gasteiger partial charge in [0.25, 0.3) is 0 Å². The van der Waals surface area contributed by atoms with E-state index in [1.54, 1.807) is 12.1 Å². The Morgan fingerprint density at radius 3 is 2.43 bits per heavy atom. The number of aromatic nitrogens is 1. The number of sulfone groups is 1. The van der Waals surface area contributed by atoms with Gasteiger partial charge in [0.2, 0.25) is 26.6 Å². The molecule has 4 rings (SSSR count). The molecular formula is C22H24N2O5S. The number of oxazole rings is 1. The zero-order valence-electron chi connectivity index (χ0n) is 17.0. The highest BCUT2D eigenvalue weighted by atomic mass is 32.2. The van der Waals surface area contributed by atoms with Gasteiger partial charge >= 0.3 is 0 Å². The zero-order chi connectivity index (χ0) is 21.1. The Bertz CT molecular complexity index is 1120. The van der Waals surface area contributed by atoms with E-state index in [0.717, 1.165) is 11.1 Å². The van der Waals surface area contributed by atoms with Gasteiger partial charge < -0.3 is 18.8 Å². The van der Waals surface area contributed by atoms with Gasteiger partial charge in [0.05, 0.1) is 24.7 Å². The molecule has 1 saturated heterocycles. The summed E-state index contributed by atoms with van der Waals surface area (Å²) in [4.78, 5) is 6.47. The van der Waals surface area contributed by atoms with Crippen molar-refractivity contribution in [1.82, 2.24) is 4.98 Å². The number of hydrogen-bond acceptors (Lipinski definition) is 7. The SMILES string of the molecule is CCOc1ccc(S(=O)(=O)c2nc(-c3ccccc3C)oc2N2CCOCC2)cc1. The first kappa shape index (κ1) is 20.4. The highest BCUT2D eigenvalue weighted by Gasteiger charge is 2.32. The lowest BCUT2D eigenvalue weighted by molar-refractivity contribution is 0.120. The molecule has 1 aliphatic heterocycles. The van der Waals surface area contributed by atoms with Crippen molar-refractivity contribution in [3.05, 3.63) is 54.1 Å². The molecule has 158 valence electrons. The fraction of sp³-hybridized carbons (Fsp3) is 0.318. The van der Waals surface area contributed by atoms with Crippen LogP contribution >= 0.6 is 0 Å². The van der Waals surface area contributed by atoms with Crippen molar-refractivity contribution in [2.75, 3.05) is 37.8 Å². The Labute approximate surface area is 176 Å². The van der Waals surface area contributed by atoms with Crippen LogP contribution in [0.25, 0.3) is 11.5 Å². The molecule has 3 aromatic rings. The van der Waals surface area contributed by atoms with Crippen molar-refractivity contribution in [3.8, 4) is 17.2 Å². The normalized spacial score (nSPS) is 14.7. The third-order valence-electron chi connectivity index (χ3n) is 4.95. The molecule has 1 aliphatic rings. The lowest BCUT2D eigenvalue weighted by atomic mass is 10.1. The van der Waals surface area contributed by atoms with Crippen LogP contribution in [0, 0.1) is 6.92 Å². The molecule has 0 spiro atoms. The van der Waals surface area contributed by atoms with Crippen molar-refractivity contribution in [2.45, 2.75) is 23.8 Å². The molecule has 0 radical (unpaired) electrons. The van der Waals surface area contributed by atoms with Crippen LogP contribution in [0.5, 0.6) is 5.75 Å². The summed E-state index contributed by atoms with van der Waals surface area (Å²) in [6.45, 7) is 6.40. The van der Waals surface area contributed by atoms with Crippen LogP contribution in [0.2, 0.25) is 0 Å². The van der Waals surface area contributed by atoms with Gasteiger partial charge in [-0.15, -0.1) is 0 Å². The Morgan fingerprint density at radius 2 is 1.77 bits per heavy atom. The zero-order valence-corrected chi connectivity index (χ0v) is 17.8. The second kappa shape index (κ2) is 8.49. The van der Waals surface area contributed by atoms with E-state index in [1.807, 2.05) is 43.0 Å². The molecular weight excluding hydrogens is 404 g/mol. The lowest BCUT2D eigenvalue weighted by Gasteiger charge is -2.26. The standard InChI is InChI=1S/C22H24N2O5S/c1-3-28-17-8-10-18(11-9-17)30(25,26)21-22(24-12-14-27-15-13-24)29-20(23-21)19-7-5-4-6-16(19)2/h4-11H,3,12-15H2,1-2H3. The minimum Gasteiger partial charge on any atom is -0.494 e. The summed E-state index contributed by atoms with van der Waals surface area (Å²) in [5, 5.41) is -0.0770. The average Bonchev–Trinajstić information content (AvgIpc) is 3.21. The third kappa shape index (κ3) is 3.93. The first-order valence-electron chi connectivity index (χ1n) is 9.88. The van der Waals surface area contributed by atoms with Crippen LogP contribution < -0.4 is 9.64 Å². The molecule has 0 N–H and O–H groups in total. The fourth-order valence-corrected chi connectivity index (χ4v) is 4.68. The second-order valence-electron chi connectivity index (χ2n) is 6.95. The summed E-state index contributed by atoms with van der Waals surface area (Å²) in [5.74, 6) is 1.16. The van der Waals surface area contributed by atoms with Crippen molar-refractivity contribution >= 4 is 15.7 Å². The number of ether oxygens (including phenoxy) is 2. The first-order valence-corrected chi connectivity index (χ1v) is 11.4. The Morgan fingerprint density at radius 1 is 1.07 bits per heavy atom. The van der Waals surface area contributed by atoms with Crippen LogP contribution in [0.1, 0.15) is 12.5 Å². The number of rotatable bonds is 6. The van der Waals surface area contributed by atoms with E-state index in [4.69, 9.17) is 13.9 Å². The molecule has 2 aromatic carbocycles. The van der Waals surface area contributed by atoms with Crippen molar-refractivity contribution in [1.29, 1.82) is 0 Å². The summed E-state index contributed by atoms with van der Waals surface area (Å²) < 4.78 is 43.8. The molecule has 1 fully saturated rings. The third-order valence-corrected chi connectivity index (χ3v) is 6.62. The van der Waals surface area contributed by atoms with Gasteiger partial charge in [0.15, 0.2) is 0 Å². The summed E-state index contributed by atoms with van der Waals surface area (Å²) in [7, 11) is -3.89. The van der Waals surface area contributed by atoms with E-state index in [-0.39, 0.29) is 15.8 Å². The number of anilines is 1. The van der Waals surface area contributed by atoms with E-state index >= 15 is 0 Å². The van der Waals surface area contributed by atoms with Crippen LogP contribution in [0.4, 0.5) is 5.88 Å². The number of aryl methyl sites for hydroxylation is 1. The Hall–Kier alpha value is -2.84. The topological polar surface area (TPSA) is 81.9 Å². The molecule has 2 heterocycles. The molecule has 0 aliphatic carbocycles. The maximum Gasteiger partial charge on any atom is 0.236 e. The summed E-state index contributed by atoms with van der Waals surface area (Å²) in [5.41, 5.74) is 1.72. The maximum atomic E-state index is 13.5. The van der Waals surface area contributed by atoms with Gasteiger partial charge in [-0.25, -0.2) is 8.42 Å². The number of morpholine rings is 1. The monoisotopic (exact) mass is 428 g/mol. The predicted octanol–water partition coefficient (Wildman–Crippen LogP) is 3.72. The molecule has 0 bridgehead atoms. The van der Waals surface area contributed by atoms with Crippen LogP contribution in [0.3, 0.4) is 0 Å². The molecule has 0 amide bonds. The molecule has 30 heavy (non-hydrogen) atoms. The summed E-state index contributed by atoms with van der Waals surface area (Å²) >= 11 is 0. The van der Waals surface area contributed by atoms with Gasteiger partial charge in [0, 0.05) is 18.7 Å². The van der Waals surface area contributed by atoms with E-state index in [9.17, 15) is 8.42 Å². The van der Waals surface area contributed by atoms with Gasteiger partial charge in [-0.3, -0.25) is 0 Å². The second-order valence-corrected chi connectivity index (χ2v) is 8.82. The van der Waals surface area contributed by atoms with E-state index < -0.39 is 9.84 Å². The van der Waals surface area contributed by atoms with Crippen LogP contribution in [0.15, 0.2) is 62.9 Å². The van der Waals surface area contributed by atoms with Gasteiger partial charge in [-0.05, 0) is 49.7 Å². The molecule has 1 aromatic heterocycles. The predicted molar refractivity (Wildman–Crippen MR) is 113 cm³/mol. The Balaban J connectivity index is 1.81. The number of benzene rings is 2.